The Kier molecular flexibility index (Phi) is 7.71. The van der Waals surface area contributed by atoms with Gasteiger partial charge in [-0.05, 0) is 31.9 Å². The molecule has 0 bridgehead atoms. The van der Waals surface area contributed by atoms with Crippen LogP contribution in [0.25, 0.3) is 0 Å². The lowest BCUT2D eigenvalue weighted by atomic mass is 10.1. The Labute approximate surface area is 107 Å². The van der Waals surface area contributed by atoms with Crippen molar-refractivity contribution < 1.29 is 24.2 Å². The highest BCUT2D eigenvalue weighted by Gasteiger charge is 2.07. The topological polar surface area (TPSA) is 72.8 Å². The van der Waals surface area contributed by atoms with Crippen molar-refractivity contribution in [2.75, 3.05) is 13.7 Å². The molecule has 0 fully saturated rings. The molecular formula is C13H20O5. The third-order valence-electron chi connectivity index (χ3n) is 2.37. The van der Waals surface area contributed by atoms with E-state index in [1.807, 2.05) is 0 Å². The number of carbonyl (C=O) groups excluding carboxylic acids is 2. The first-order valence-electron chi connectivity index (χ1n) is 5.61. The first-order chi connectivity index (χ1) is 8.38. The minimum Gasteiger partial charge on any atom is -0.466 e. The predicted octanol–water partition coefficient (Wildman–Crippen LogP) is 1.37. The maximum absolute atomic E-state index is 11.1. The van der Waals surface area contributed by atoms with Gasteiger partial charge in [0.15, 0.2) is 0 Å². The third kappa shape index (κ3) is 6.85. The summed E-state index contributed by atoms with van der Waals surface area (Å²) in [6, 6.07) is 0. The van der Waals surface area contributed by atoms with E-state index in [1.54, 1.807) is 26.0 Å². The molecule has 102 valence electrons. The first-order valence-corrected chi connectivity index (χ1v) is 5.61. The summed E-state index contributed by atoms with van der Waals surface area (Å²) in [5.41, 5.74) is 1.13. The molecule has 1 N–H and O–H groups in total. The minimum absolute atomic E-state index is 0.137. The quantitative estimate of drug-likeness (QED) is 0.441. The number of aliphatic hydroxyl groups is 1. The second kappa shape index (κ2) is 8.47. The highest BCUT2D eigenvalue weighted by molar-refractivity contribution is 5.87. The molecule has 0 radical (unpaired) electrons. The van der Waals surface area contributed by atoms with E-state index in [0.717, 1.165) is 0 Å². The zero-order valence-electron chi connectivity index (χ0n) is 11.2. The number of methoxy groups -OCH3 is 1. The van der Waals surface area contributed by atoms with E-state index in [1.165, 1.54) is 14.0 Å². The van der Waals surface area contributed by atoms with Crippen LogP contribution in [0.3, 0.4) is 0 Å². The van der Waals surface area contributed by atoms with Gasteiger partial charge in [-0.15, -0.1) is 0 Å². The van der Waals surface area contributed by atoms with Gasteiger partial charge in [0.1, 0.15) is 6.61 Å². The minimum atomic E-state index is -0.708. The Morgan fingerprint density at radius 3 is 2.33 bits per heavy atom. The van der Waals surface area contributed by atoms with Gasteiger partial charge in [-0.2, -0.15) is 0 Å². The van der Waals surface area contributed by atoms with Crippen molar-refractivity contribution in [2.24, 2.45) is 0 Å². The van der Waals surface area contributed by atoms with Crippen molar-refractivity contribution in [2.45, 2.75) is 33.3 Å². The zero-order chi connectivity index (χ0) is 14.1. The average Bonchev–Trinajstić information content (AvgIpc) is 2.33. The maximum Gasteiger partial charge on any atom is 0.333 e. The monoisotopic (exact) mass is 256 g/mol. The zero-order valence-corrected chi connectivity index (χ0v) is 11.2. The van der Waals surface area contributed by atoms with Gasteiger partial charge >= 0.3 is 11.9 Å². The number of rotatable bonds is 6. The van der Waals surface area contributed by atoms with Gasteiger partial charge in [0.05, 0.1) is 13.2 Å². The van der Waals surface area contributed by atoms with Crippen molar-refractivity contribution >= 4 is 11.9 Å². The lowest BCUT2D eigenvalue weighted by Gasteiger charge is -2.09. The molecule has 0 aromatic rings. The molecule has 0 aliphatic carbocycles. The molecule has 0 aromatic carbocycles. The number of aliphatic hydroxyl groups excluding tert-OH is 1. The van der Waals surface area contributed by atoms with Crippen LogP contribution in [0.2, 0.25) is 0 Å². The average molecular weight is 256 g/mol. The van der Waals surface area contributed by atoms with Crippen molar-refractivity contribution in [3.05, 3.63) is 23.3 Å². The van der Waals surface area contributed by atoms with Gasteiger partial charge in [0.25, 0.3) is 0 Å². The van der Waals surface area contributed by atoms with Gasteiger partial charge in [-0.25, -0.2) is 4.79 Å². The smallest absolute Gasteiger partial charge is 0.333 e. The summed E-state index contributed by atoms with van der Waals surface area (Å²) in [5.74, 6) is -0.779. The third-order valence-corrected chi connectivity index (χ3v) is 2.37. The normalized spacial score (nSPS) is 14.1. The summed E-state index contributed by atoms with van der Waals surface area (Å²) >= 11 is 0. The van der Waals surface area contributed by atoms with Crippen LogP contribution in [0.4, 0.5) is 0 Å². The van der Waals surface area contributed by atoms with Crippen LogP contribution < -0.4 is 0 Å². The second-order valence-electron chi connectivity index (χ2n) is 3.88. The van der Waals surface area contributed by atoms with Gasteiger partial charge in [-0.3, -0.25) is 4.79 Å². The predicted molar refractivity (Wildman–Crippen MR) is 66.8 cm³/mol. The van der Waals surface area contributed by atoms with Crippen LogP contribution in [0, 0.1) is 0 Å². The molecule has 1 unspecified atom stereocenters. The molecule has 0 amide bonds. The molecule has 5 nitrogen and oxygen atoms in total. The van der Waals surface area contributed by atoms with Crippen molar-refractivity contribution in [3.63, 3.8) is 0 Å². The molecule has 0 aliphatic rings. The van der Waals surface area contributed by atoms with Crippen molar-refractivity contribution in [3.8, 4) is 0 Å². The fraction of sp³-hybridized carbons (Fsp3) is 0.538. The fourth-order valence-corrected chi connectivity index (χ4v) is 1.15. The summed E-state index contributed by atoms with van der Waals surface area (Å²) in [6.45, 7) is 4.81. The molecular weight excluding hydrogens is 236 g/mol. The molecule has 1 atom stereocenters. The highest BCUT2D eigenvalue weighted by Crippen LogP contribution is 2.09. The molecule has 0 aromatic heterocycles. The second-order valence-corrected chi connectivity index (χ2v) is 3.88. The molecule has 18 heavy (non-hydrogen) atoms. The van der Waals surface area contributed by atoms with E-state index in [9.17, 15) is 14.7 Å². The Balaban J connectivity index is 4.27. The fourth-order valence-electron chi connectivity index (χ4n) is 1.15. The highest BCUT2D eigenvalue weighted by atomic mass is 16.5. The van der Waals surface area contributed by atoms with Crippen LogP contribution in [0.5, 0.6) is 0 Å². The number of ether oxygens (including phenoxy) is 2. The van der Waals surface area contributed by atoms with E-state index in [-0.39, 0.29) is 12.6 Å². The Morgan fingerprint density at radius 1 is 1.22 bits per heavy atom. The van der Waals surface area contributed by atoms with E-state index in [4.69, 9.17) is 4.74 Å². The van der Waals surface area contributed by atoms with Crippen molar-refractivity contribution in [1.29, 1.82) is 0 Å². The van der Waals surface area contributed by atoms with Crippen LogP contribution in [0.1, 0.15) is 27.2 Å². The maximum atomic E-state index is 11.1. The molecule has 0 saturated carbocycles. The van der Waals surface area contributed by atoms with Crippen LogP contribution >= 0.6 is 0 Å². The first kappa shape index (κ1) is 16.4. The summed E-state index contributed by atoms with van der Waals surface area (Å²) < 4.78 is 9.26. The van der Waals surface area contributed by atoms with E-state index in [0.29, 0.717) is 17.6 Å². The van der Waals surface area contributed by atoms with Gasteiger partial charge in [0, 0.05) is 12.5 Å². The summed E-state index contributed by atoms with van der Waals surface area (Å²) in [6.07, 6.45) is 2.84. The lowest BCUT2D eigenvalue weighted by Crippen LogP contribution is -2.10. The standard InChI is InChI=1S/C13H20O5/c1-9(7-8-18-11(3)14)12(15)6-5-10(2)13(16)17-4/h5,7,12,15H,6,8H2,1-4H3/b9-7+,10-5+. The van der Waals surface area contributed by atoms with Crippen LogP contribution in [-0.2, 0) is 19.1 Å². The van der Waals surface area contributed by atoms with Gasteiger partial charge in [0.2, 0.25) is 0 Å². The van der Waals surface area contributed by atoms with Crippen LogP contribution in [-0.4, -0.2) is 36.9 Å². The Hall–Kier alpha value is -1.62. The Bertz CT molecular complexity index is 354. The van der Waals surface area contributed by atoms with Crippen LogP contribution in [0.15, 0.2) is 23.3 Å². The van der Waals surface area contributed by atoms with Gasteiger partial charge in [-0.1, -0.05) is 6.08 Å². The van der Waals surface area contributed by atoms with E-state index >= 15 is 0 Å². The summed E-state index contributed by atoms with van der Waals surface area (Å²) in [7, 11) is 1.31. The van der Waals surface area contributed by atoms with Gasteiger partial charge < -0.3 is 14.6 Å². The summed E-state index contributed by atoms with van der Waals surface area (Å²) in [4.78, 5) is 21.6. The number of esters is 2. The molecule has 0 heterocycles. The largest absolute Gasteiger partial charge is 0.466 e. The number of hydrogen-bond acceptors (Lipinski definition) is 5. The number of hydrogen-bond donors (Lipinski definition) is 1. The molecule has 5 heteroatoms. The van der Waals surface area contributed by atoms with Crippen molar-refractivity contribution in [1.82, 2.24) is 0 Å². The molecule has 0 saturated heterocycles. The molecule has 0 aliphatic heterocycles. The lowest BCUT2D eigenvalue weighted by molar-refractivity contribution is -0.139. The number of carbonyl (C=O) groups is 2. The SMILES string of the molecule is COC(=O)/C(C)=C/CC(O)/C(C)=C/COC(C)=O. The molecule has 0 rings (SSSR count). The van der Waals surface area contributed by atoms with E-state index < -0.39 is 12.1 Å². The summed E-state index contributed by atoms with van der Waals surface area (Å²) in [5, 5.41) is 9.78. The van der Waals surface area contributed by atoms with E-state index in [2.05, 4.69) is 4.74 Å². The Morgan fingerprint density at radius 2 is 1.83 bits per heavy atom. The molecule has 0 spiro atoms.